The average molecular weight is 329 g/mol. The van der Waals surface area contributed by atoms with Crippen LogP contribution in [0.15, 0.2) is 6.07 Å². The van der Waals surface area contributed by atoms with Gasteiger partial charge in [-0.3, -0.25) is 0 Å². The molecule has 1 aromatic heterocycles. The standard InChI is InChI=1S/C17H23N5O2/c1-21(17(23)24)13-8-9-22(11-13)16-10-14(18)19-15(20-16)7-6-12-4-2-3-5-12/h10,12-13H,2-5,8-9,11H2,1H3,(H,23,24)(H2,18,19,20). The third-order valence-electron chi connectivity index (χ3n) is 4.81. The van der Waals surface area contributed by atoms with E-state index in [1.807, 2.05) is 4.90 Å². The second-order valence-corrected chi connectivity index (χ2v) is 6.51. The molecule has 1 saturated heterocycles. The number of aromatic nitrogens is 2. The maximum atomic E-state index is 11.1. The summed E-state index contributed by atoms with van der Waals surface area (Å²) >= 11 is 0. The molecule has 3 N–H and O–H groups in total. The molecule has 3 rings (SSSR count). The molecule has 1 saturated carbocycles. The Labute approximate surface area is 141 Å². The Balaban J connectivity index is 1.73. The van der Waals surface area contributed by atoms with Crippen LogP contribution < -0.4 is 10.6 Å². The topological polar surface area (TPSA) is 95.6 Å². The Bertz CT molecular complexity index is 675. The zero-order chi connectivity index (χ0) is 17.1. The maximum absolute atomic E-state index is 11.1. The van der Waals surface area contributed by atoms with Gasteiger partial charge in [0.15, 0.2) is 0 Å². The lowest BCUT2D eigenvalue weighted by atomic mass is 10.1. The van der Waals surface area contributed by atoms with E-state index in [0.717, 1.165) is 31.6 Å². The Hall–Kier alpha value is -2.49. The fourth-order valence-corrected chi connectivity index (χ4v) is 3.33. The molecule has 0 spiro atoms. The van der Waals surface area contributed by atoms with Gasteiger partial charge >= 0.3 is 6.09 Å². The van der Waals surface area contributed by atoms with Crippen LogP contribution in [0.2, 0.25) is 0 Å². The molecule has 2 fully saturated rings. The van der Waals surface area contributed by atoms with Crippen LogP contribution in [0.5, 0.6) is 0 Å². The highest BCUT2D eigenvalue weighted by Gasteiger charge is 2.29. The third kappa shape index (κ3) is 3.70. The van der Waals surface area contributed by atoms with Gasteiger partial charge in [0, 0.05) is 32.1 Å². The van der Waals surface area contributed by atoms with Crippen molar-refractivity contribution in [3.8, 4) is 11.8 Å². The second-order valence-electron chi connectivity index (χ2n) is 6.51. The van der Waals surface area contributed by atoms with Crippen molar-refractivity contribution < 1.29 is 9.90 Å². The number of carbonyl (C=O) groups is 1. The molecule has 0 aromatic carbocycles. The number of rotatable bonds is 2. The molecule has 128 valence electrons. The van der Waals surface area contributed by atoms with Crippen LogP contribution in [0.4, 0.5) is 16.4 Å². The van der Waals surface area contributed by atoms with E-state index in [4.69, 9.17) is 10.8 Å². The molecule has 1 aromatic rings. The number of anilines is 2. The van der Waals surface area contributed by atoms with Crippen molar-refractivity contribution in [3.63, 3.8) is 0 Å². The van der Waals surface area contributed by atoms with Crippen LogP contribution in [-0.2, 0) is 0 Å². The number of hydrogen-bond donors (Lipinski definition) is 2. The van der Waals surface area contributed by atoms with Gasteiger partial charge in [0.1, 0.15) is 11.6 Å². The summed E-state index contributed by atoms with van der Waals surface area (Å²) in [5, 5.41) is 9.10. The van der Waals surface area contributed by atoms with Crippen molar-refractivity contribution in [3.05, 3.63) is 11.9 Å². The number of likely N-dealkylation sites (N-methyl/N-ethyl adjacent to an activating group) is 1. The Morgan fingerprint density at radius 3 is 2.83 bits per heavy atom. The summed E-state index contributed by atoms with van der Waals surface area (Å²) in [5.74, 6) is 8.32. The molecule has 1 atom stereocenters. The minimum Gasteiger partial charge on any atom is -0.465 e. The van der Waals surface area contributed by atoms with Gasteiger partial charge in [0.2, 0.25) is 5.82 Å². The third-order valence-corrected chi connectivity index (χ3v) is 4.81. The van der Waals surface area contributed by atoms with Crippen LogP contribution in [0.3, 0.4) is 0 Å². The molecular formula is C17H23N5O2. The summed E-state index contributed by atoms with van der Waals surface area (Å²) in [6.45, 7) is 1.35. The number of amides is 1. The summed E-state index contributed by atoms with van der Waals surface area (Å²) in [6.07, 6.45) is 4.65. The molecule has 2 aliphatic rings. The quantitative estimate of drug-likeness (QED) is 0.803. The Morgan fingerprint density at radius 1 is 1.38 bits per heavy atom. The Kier molecular flexibility index (Phi) is 4.74. The second kappa shape index (κ2) is 6.95. The smallest absolute Gasteiger partial charge is 0.407 e. The van der Waals surface area contributed by atoms with Gasteiger partial charge in [-0.2, -0.15) is 0 Å². The summed E-state index contributed by atoms with van der Waals surface area (Å²) in [4.78, 5) is 23.2. The van der Waals surface area contributed by atoms with Gasteiger partial charge in [0.05, 0.1) is 6.04 Å². The van der Waals surface area contributed by atoms with E-state index in [1.165, 1.54) is 17.7 Å². The van der Waals surface area contributed by atoms with E-state index in [2.05, 4.69) is 21.8 Å². The van der Waals surface area contributed by atoms with Gasteiger partial charge < -0.3 is 20.6 Å². The van der Waals surface area contributed by atoms with Crippen molar-refractivity contribution in [2.45, 2.75) is 38.1 Å². The molecule has 2 heterocycles. The van der Waals surface area contributed by atoms with Crippen LogP contribution in [0, 0.1) is 17.8 Å². The van der Waals surface area contributed by atoms with Crippen LogP contribution >= 0.6 is 0 Å². The lowest BCUT2D eigenvalue weighted by molar-refractivity contribution is 0.142. The van der Waals surface area contributed by atoms with E-state index >= 15 is 0 Å². The van der Waals surface area contributed by atoms with Gasteiger partial charge in [-0.15, -0.1) is 0 Å². The van der Waals surface area contributed by atoms with Gasteiger partial charge in [-0.05, 0) is 25.2 Å². The molecule has 1 amide bonds. The summed E-state index contributed by atoms with van der Waals surface area (Å²) in [7, 11) is 1.60. The molecule has 0 radical (unpaired) electrons. The SMILES string of the molecule is CN(C(=O)O)C1CCN(c2cc(N)nc(C#CC3CCCC3)n2)C1. The normalized spacial score (nSPS) is 20.7. The number of hydrogen-bond acceptors (Lipinski definition) is 5. The molecular weight excluding hydrogens is 306 g/mol. The molecule has 7 heteroatoms. The van der Waals surface area contributed by atoms with Crippen molar-refractivity contribution in [1.29, 1.82) is 0 Å². The lowest BCUT2D eigenvalue weighted by Crippen LogP contribution is -2.38. The van der Waals surface area contributed by atoms with Crippen molar-refractivity contribution in [2.75, 3.05) is 30.8 Å². The van der Waals surface area contributed by atoms with Crippen molar-refractivity contribution >= 4 is 17.7 Å². The molecule has 0 bridgehead atoms. The number of nitrogens with zero attached hydrogens (tertiary/aromatic N) is 4. The lowest BCUT2D eigenvalue weighted by Gasteiger charge is -2.22. The summed E-state index contributed by atoms with van der Waals surface area (Å²) < 4.78 is 0. The van der Waals surface area contributed by atoms with E-state index in [9.17, 15) is 4.79 Å². The molecule has 7 nitrogen and oxygen atoms in total. The summed E-state index contributed by atoms with van der Waals surface area (Å²) in [5.41, 5.74) is 5.90. The fraction of sp³-hybridized carbons (Fsp3) is 0.588. The van der Waals surface area contributed by atoms with Crippen molar-refractivity contribution in [1.82, 2.24) is 14.9 Å². The average Bonchev–Trinajstić information content (AvgIpc) is 3.23. The van der Waals surface area contributed by atoms with E-state index < -0.39 is 6.09 Å². The van der Waals surface area contributed by atoms with Crippen molar-refractivity contribution in [2.24, 2.45) is 5.92 Å². The molecule has 24 heavy (non-hydrogen) atoms. The first-order valence-corrected chi connectivity index (χ1v) is 8.39. The predicted molar refractivity (Wildman–Crippen MR) is 91.7 cm³/mol. The summed E-state index contributed by atoms with van der Waals surface area (Å²) in [6, 6.07) is 1.69. The van der Waals surface area contributed by atoms with Gasteiger partial charge in [-0.25, -0.2) is 14.8 Å². The first-order valence-electron chi connectivity index (χ1n) is 8.39. The maximum Gasteiger partial charge on any atom is 0.407 e. The first kappa shape index (κ1) is 16.4. The van der Waals surface area contributed by atoms with Crippen LogP contribution in [0.1, 0.15) is 37.9 Å². The fourth-order valence-electron chi connectivity index (χ4n) is 3.33. The zero-order valence-corrected chi connectivity index (χ0v) is 13.9. The van der Waals surface area contributed by atoms with E-state index in [0.29, 0.717) is 24.1 Å². The van der Waals surface area contributed by atoms with E-state index in [1.54, 1.807) is 13.1 Å². The highest BCUT2D eigenvalue weighted by atomic mass is 16.4. The number of nitrogen functional groups attached to an aromatic ring is 1. The van der Waals surface area contributed by atoms with Crippen LogP contribution in [0.25, 0.3) is 0 Å². The van der Waals surface area contributed by atoms with Gasteiger partial charge in [0.25, 0.3) is 0 Å². The van der Waals surface area contributed by atoms with Crippen LogP contribution in [-0.4, -0.2) is 52.2 Å². The number of carboxylic acid groups (broad SMARTS) is 1. The van der Waals surface area contributed by atoms with E-state index in [-0.39, 0.29) is 6.04 Å². The zero-order valence-electron chi connectivity index (χ0n) is 13.9. The predicted octanol–water partition coefficient (Wildman–Crippen LogP) is 1.79. The monoisotopic (exact) mass is 329 g/mol. The minimum absolute atomic E-state index is 0.0355. The van der Waals surface area contributed by atoms with Gasteiger partial charge in [-0.1, -0.05) is 18.8 Å². The molecule has 1 aliphatic heterocycles. The highest BCUT2D eigenvalue weighted by Crippen LogP contribution is 2.24. The number of nitrogens with two attached hydrogens (primary N) is 1. The molecule has 1 aliphatic carbocycles. The largest absolute Gasteiger partial charge is 0.465 e. The highest BCUT2D eigenvalue weighted by molar-refractivity contribution is 5.65. The Morgan fingerprint density at radius 2 is 2.12 bits per heavy atom. The first-order chi connectivity index (χ1) is 11.5. The minimum atomic E-state index is -0.910. The molecule has 1 unspecified atom stereocenters.